The van der Waals surface area contributed by atoms with Gasteiger partial charge in [-0.25, -0.2) is 8.42 Å². The van der Waals surface area contributed by atoms with Crippen molar-refractivity contribution in [1.29, 1.82) is 0 Å². The quantitative estimate of drug-likeness (QED) is 0.814. The molecule has 0 aliphatic carbocycles. The summed E-state index contributed by atoms with van der Waals surface area (Å²) in [5, 5.41) is 0. The van der Waals surface area contributed by atoms with Gasteiger partial charge in [0.2, 0.25) is 16.8 Å². The number of nitrogens with zero attached hydrogens (tertiary/aromatic N) is 1. The number of aryl methyl sites for hydroxylation is 1. The lowest BCUT2D eigenvalue weighted by molar-refractivity contribution is 0.174. The van der Waals surface area contributed by atoms with Crippen LogP contribution < -0.4 is 15.2 Å². The molecule has 1 aliphatic heterocycles. The number of hydrogen-bond donors (Lipinski definition) is 1. The van der Waals surface area contributed by atoms with Crippen LogP contribution in [0.15, 0.2) is 47.4 Å². The Labute approximate surface area is 148 Å². The van der Waals surface area contributed by atoms with Crippen LogP contribution >= 0.6 is 0 Å². The maximum absolute atomic E-state index is 13.1. The molecule has 2 aromatic carbocycles. The lowest BCUT2D eigenvalue weighted by Gasteiger charge is -2.23. The smallest absolute Gasteiger partial charge is 0.243 e. The average Bonchev–Trinajstić information content (AvgIpc) is 3.05. The molecule has 2 N–H and O–H groups in total. The predicted molar refractivity (Wildman–Crippen MR) is 95.3 cm³/mol. The monoisotopic (exact) mass is 362 g/mol. The molecule has 0 atom stereocenters. The molecule has 0 radical (unpaired) electrons. The van der Waals surface area contributed by atoms with E-state index in [0.717, 1.165) is 5.56 Å². The van der Waals surface area contributed by atoms with Crippen molar-refractivity contribution in [3.05, 3.63) is 53.6 Å². The van der Waals surface area contributed by atoms with E-state index in [2.05, 4.69) is 0 Å². The van der Waals surface area contributed by atoms with Gasteiger partial charge >= 0.3 is 0 Å². The zero-order chi connectivity index (χ0) is 17.9. The van der Waals surface area contributed by atoms with Crippen LogP contribution in [0.1, 0.15) is 11.1 Å². The number of ether oxygens (including phenoxy) is 2. The zero-order valence-corrected chi connectivity index (χ0v) is 15.0. The molecule has 0 unspecified atom stereocenters. The molecule has 0 aromatic heterocycles. The summed E-state index contributed by atoms with van der Waals surface area (Å²) < 4.78 is 38.3. The molecule has 25 heavy (non-hydrogen) atoms. The van der Waals surface area contributed by atoms with Gasteiger partial charge in [0.1, 0.15) is 0 Å². The molecule has 2 aromatic rings. The summed E-state index contributed by atoms with van der Waals surface area (Å²) in [5.74, 6) is 1.03. The first-order valence-electron chi connectivity index (χ1n) is 8.17. The van der Waals surface area contributed by atoms with E-state index < -0.39 is 10.0 Å². The van der Waals surface area contributed by atoms with Crippen LogP contribution in [0.3, 0.4) is 0 Å². The number of sulfonamides is 1. The van der Waals surface area contributed by atoms with Gasteiger partial charge < -0.3 is 15.2 Å². The van der Waals surface area contributed by atoms with Gasteiger partial charge in [0.05, 0.1) is 4.90 Å². The highest BCUT2D eigenvalue weighted by molar-refractivity contribution is 7.89. The third-order valence-electron chi connectivity index (χ3n) is 4.16. The molecule has 7 heteroatoms. The molecular formula is C18H22N2O4S. The first kappa shape index (κ1) is 17.7. The van der Waals surface area contributed by atoms with Crippen molar-refractivity contribution < 1.29 is 17.9 Å². The van der Waals surface area contributed by atoms with Crippen molar-refractivity contribution in [2.45, 2.75) is 18.2 Å². The summed E-state index contributed by atoms with van der Waals surface area (Å²) in [6.07, 6.45) is 0.629. The molecule has 6 nitrogen and oxygen atoms in total. The second kappa shape index (κ2) is 7.43. The Balaban J connectivity index is 1.87. The maximum atomic E-state index is 13.1. The average molecular weight is 362 g/mol. The summed E-state index contributed by atoms with van der Waals surface area (Å²) in [6.45, 7) is 2.77. The first-order chi connectivity index (χ1) is 12.0. The number of rotatable bonds is 7. The van der Waals surface area contributed by atoms with E-state index in [1.807, 2.05) is 30.3 Å². The van der Waals surface area contributed by atoms with E-state index >= 15 is 0 Å². The molecule has 3 rings (SSSR count). The molecule has 0 saturated carbocycles. The maximum Gasteiger partial charge on any atom is 0.243 e. The molecule has 0 spiro atoms. The topological polar surface area (TPSA) is 81.9 Å². The van der Waals surface area contributed by atoms with Crippen molar-refractivity contribution in [1.82, 2.24) is 4.31 Å². The number of fused-ring (bicyclic) bond motifs is 1. The predicted octanol–water partition coefficient (Wildman–Crippen LogP) is 1.92. The summed E-state index contributed by atoms with van der Waals surface area (Å²) in [7, 11) is -3.67. The van der Waals surface area contributed by atoms with E-state index in [1.54, 1.807) is 19.1 Å². The lowest BCUT2D eigenvalue weighted by Crippen LogP contribution is -2.37. The third kappa shape index (κ3) is 3.78. The standard InChI is InChI=1S/C18H22N2O4S/c1-14-11-16-17(24-13-23-16)12-18(14)25(21,22)20(10-8-19)9-7-15-5-3-2-4-6-15/h2-6,11-12H,7-10,13,19H2,1H3. The van der Waals surface area contributed by atoms with Crippen LogP contribution in [0.4, 0.5) is 0 Å². The highest BCUT2D eigenvalue weighted by Crippen LogP contribution is 2.37. The van der Waals surface area contributed by atoms with Crippen LogP contribution in [0.25, 0.3) is 0 Å². The van der Waals surface area contributed by atoms with Crippen molar-refractivity contribution in [3.63, 3.8) is 0 Å². The molecule has 0 bridgehead atoms. The van der Waals surface area contributed by atoms with E-state index in [4.69, 9.17) is 15.2 Å². The van der Waals surface area contributed by atoms with Crippen molar-refractivity contribution in [3.8, 4) is 11.5 Å². The fourth-order valence-corrected chi connectivity index (χ4v) is 4.51. The van der Waals surface area contributed by atoms with Crippen molar-refractivity contribution in [2.24, 2.45) is 5.73 Å². The van der Waals surface area contributed by atoms with Gasteiger partial charge in [0.25, 0.3) is 0 Å². The van der Waals surface area contributed by atoms with E-state index in [0.29, 0.717) is 30.0 Å². The van der Waals surface area contributed by atoms with Gasteiger partial charge in [-0.3, -0.25) is 0 Å². The Morgan fingerprint density at radius 2 is 1.76 bits per heavy atom. The summed E-state index contributed by atoms with van der Waals surface area (Å²) >= 11 is 0. The molecule has 1 heterocycles. The Hall–Kier alpha value is -2.09. The minimum absolute atomic E-state index is 0.110. The van der Waals surface area contributed by atoms with Crippen molar-refractivity contribution in [2.75, 3.05) is 26.4 Å². The Kier molecular flexibility index (Phi) is 5.27. The van der Waals surface area contributed by atoms with Crippen molar-refractivity contribution >= 4 is 10.0 Å². The highest BCUT2D eigenvalue weighted by Gasteiger charge is 2.28. The molecular weight excluding hydrogens is 340 g/mol. The first-order valence-corrected chi connectivity index (χ1v) is 9.61. The highest BCUT2D eigenvalue weighted by atomic mass is 32.2. The number of benzene rings is 2. The minimum atomic E-state index is -3.67. The largest absolute Gasteiger partial charge is 0.454 e. The zero-order valence-electron chi connectivity index (χ0n) is 14.1. The van der Waals surface area contributed by atoms with Crippen LogP contribution in [0.5, 0.6) is 11.5 Å². The second-order valence-corrected chi connectivity index (χ2v) is 7.81. The Bertz CT molecular complexity index is 838. The second-order valence-electron chi connectivity index (χ2n) is 5.90. The van der Waals surface area contributed by atoms with E-state index in [-0.39, 0.29) is 24.8 Å². The Morgan fingerprint density at radius 3 is 2.44 bits per heavy atom. The molecule has 1 aliphatic rings. The molecule has 0 saturated heterocycles. The fourth-order valence-electron chi connectivity index (χ4n) is 2.84. The summed E-state index contributed by atoms with van der Waals surface area (Å²) in [6, 6.07) is 13.0. The summed E-state index contributed by atoms with van der Waals surface area (Å²) in [4.78, 5) is 0.235. The van der Waals surface area contributed by atoms with E-state index in [9.17, 15) is 8.42 Å². The number of hydrogen-bond acceptors (Lipinski definition) is 5. The lowest BCUT2D eigenvalue weighted by atomic mass is 10.1. The van der Waals surface area contributed by atoms with E-state index in [1.165, 1.54) is 4.31 Å². The summed E-state index contributed by atoms with van der Waals surface area (Å²) in [5.41, 5.74) is 7.37. The Morgan fingerprint density at radius 1 is 1.08 bits per heavy atom. The molecule has 134 valence electrons. The minimum Gasteiger partial charge on any atom is -0.454 e. The van der Waals surface area contributed by atoms with Gasteiger partial charge in [-0.1, -0.05) is 30.3 Å². The van der Waals surface area contributed by atoms with Gasteiger partial charge in [0, 0.05) is 25.7 Å². The van der Waals surface area contributed by atoms with Gasteiger partial charge in [-0.15, -0.1) is 0 Å². The van der Waals surface area contributed by atoms with Gasteiger partial charge in [-0.05, 0) is 30.5 Å². The number of nitrogens with two attached hydrogens (primary N) is 1. The van der Waals surface area contributed by atoms with Gasteiger partial charge in [0.15, 0.2) is 11.5 Å². The van der Waals surface area contributed by atoms with Crippen LogP contribution in [-0.4, -0.2) is 39.2 Å². The van der Waals surface area contributed by atoms with Crippen LogP contribution in [-0.2, 0) is 16.4 Å². The van der Waals surface area contributed by atoms with Crippen LogP contribution in [0.2, 0.25) is 0 Å². The SMILES string of the molecule is Cc1cc2c(cc1S(=O)(=O)N(CCN)CCc1ccccc1)OCO2. The normalized spacial score (nSPS) is 13.4. The van der Waals surface area contributed by atoms with Gasteiger partial charge in [-0.2, -0.15) is 4.31 Å². The fraction of sp³-hybridized carbons (Fsp3) is 0.333. The molecule has 0 amide bonds. The van der Waals surface area contributed by atoms with Crippen LogP contribution in [0, 0.1) is 6.92 Å². The molecule has 0 fully saturated rings. The third-order valence-corrected chi connectivity index (χ3v) is 6.20.